The minimum Gasteiger partial charge on any atom is -0.481 e. The van der Waals surface area contributed by atoms with E-state index in [0.29, 0.717) is 12.8 Å². The molecule has 2 atom stereocenters. The minimum absolute atomic E-state index is 0.318. The first-order valence-corrected chi connectivity index (χ1v) is 4.89. The molecule has 6 heteroatoms. The van der Waals surface area contributed by atoms with Gasteiger partial charge >= 0.3 is 11.9 Å². The van der Waals surface area contributed by atoms with Crippen LogP contribution in [0.25, 0.3) is 0 Å². The van der Waals surface area contributed by atoms with Gasteiger partial charge in [-0.2, -0.15) is 5.11 Å². The van der Waals surface area contributed by atoms with Crippen molar-refractivity contribution < 1.29 is 19.4 Å². The van der Waals surface area contributed by atoms with Gasteiger partial charge in [0.15, 0.2) is 0 Å². The molecule has 1 saturated carbocycles. The van der Waals surface area contributed by atoms with E-state index in [1.54, 1.807) is 0 Å². The summed E-state index contributed by atoms with van der Waals surface area (Å²) in [5, 5.41) is 11.8. The van der Waals surface area contributed by atoms with Gasteiger partial charge in [0.05, 0.1) is 11.8 Å². The van der Waals surface area contributed by atoms with Crippen LogP contribution in [0.3, 0.4) is 0 Å². The van der Waals surface area contributed by atoms with Crippen LogP contribution in [0.1, 0.15) is 25.7 Å². The first kappa shape index (κ1) is 11.6. The van der Waals surface area contributed by atoms with E-state index in [0.717, 1.165) is 12.8 Å². The molecule has 6 nitrogen and oxygen atoms in total. The molecular weight excluding hydrogens is 200 g/mol. The minimum atomic E-state index is -0.945. The zero-order chi connectivity index (χ0) is 11.3. The van der Waals surface area contributed by atoms with Gasteiger partial charge in [-0.25, -0.2) is 5.53 Å². The average Bonchev–Trinajstić information content (AvgIpc) is 2.25. The standard InChI is InChI=1S/C9H14N2O4/c10-11-5-15-9(14)7-4-2-1-3-6(7)8(12)13/h6-7,10H,1-5H2,(H,12,13). The number of carboxylic acid groups (broad SMARTS) is 1. The molecule has 1 fully saturated rings. The van der Waals surface area contributed by atoms with Crippen LogP contribution in [0.2, 0.25) is 0 Å². The molecule has 2 N–H and O–H groups in total. The Morgan fingerprint density at radius 1 is 1.33 bits per heavy atom. The summed E-state index contributed by atoms with van der Waals surface area (Å²) in [5.41, 5.74) is 6.48. The Hall–Kier alpha value is -1.46. The van der Waals surface area contributed by atoms with Crippen molar-refractivity contribution in [3.8, 4) is 0 Å². The van der Waals surface area contributed by atoms with Crippen LogP contribution in [-0.4, -0.2) is 23.8 Å². The molecule has 0 saturated heterocycles. The average molecular weight is 214 g/mol. The van der Waals surface area contributed by atoms with Crippen LogP contribution < -0.4 is 0 Å². The maximum absolute atomic E-state index is 11.4. The normalized spacial score (nSPS) is 25.6. The Morgan fingerprint density at radius 3 is 2.47 bits per heavy atom. The maximum Gasteiger partial charge on any atom is 0.311 e. The molecule has 0 amide bonds. The predicted molar refractivity (Wildman–Crippen MR) is 49.2 cm³/mol. The van der Waals surface area contributed by atoms with Crippen molar-refractivity contribution in [1.82, 2.24) is 0 Å². The predicted octanol–water partition coefficient (Wildman–Crippen LogP) is 1.41. The first-order chi connectivity index (χ1) is 7.16. The van der Waals surface area contributed by atoms with Crippen LogP contribution in [0.15, 0.2) is 5.11 Å². The number of hydrogen-bond donors (Lipinski definition) is 2. The zero-order valence-corrected chi connectivity index (χ0v) is 8.31. The Labute approximate surface area is 87.1 Å². The van der Waals surface area contributed by atoms with Gasteiger partial charge in [0.1, 0.15) is 0 Å². The molecule has 84 valence electrons. The lowest BCUT2D eigenvalue weighted by molar-refractivity contribution is -0.159. The van der Waals surface area contributed by atoms with Crippen molar-refractivity contribution in [3.63, 3.8) is 0 Å². The lowest BCUT2D eigenvalue weighted by Gasteiger charge is -2.26. The lowest BCUT2D eigenvalue weighted by Crippen LogP contribution is -2.33. The van der Waals surface area contributed by atoms with Crippen molar-refractivity contribution >= 4 is 11.9 Å². The van der Waals surface area contributed by atoms with Gasteiger partial charge in [-0.15, -0.1) is 0 Å². The van der Waals surface area contributed by atoms with E-state index < -0.39 is 23.8 Å². The van der Waals surface area contributed by atoms with Crippen LogP contribution in [-0.2, 0) is 14.3 Å². The molecule has 0 aromatic rings. The third-order valence-corrected chi connectivity index (χ3v) is 2.66. The molecule has 0 aromatic heterocycles. The fourth-order valence-electron chi connectivity index (χ4n) is 1.91. The van der Waals surface area contributed by atoms with Gasteiger partial charge in [0.2, 0.25) is 6.73 Å². The molecule has 0 spiro atoms. The number of rotatable bonds is 4. The molecule has 1 aliphatic rings. The topological polar surface area (TPSA) is 99.8 Å². The zero-order valence-electron chi connectivity index (χ0n) is 8.31. The van der Waals surface area contributed by atoms with E-state index in [-0.39, 0.29) is 6.73 Å². The second kappa shape index (κ2) is 5.43. The van der Waals surface area contributed by atoms with E-state index in [4.69, 9.17) is 10.6 Å². The molecule has 0 aliphatic heterocycles. The maximum atomic E-state index is 11.4. The SMILES string of the molecule is N=NCOC(=O)C1CCCCC1C(=O)O. The van der Waals surface area contributed by atoms with Crippen LogP contribution in [0.5, 0.6) is 0 Å². The highest BCUT2D eigenvalue weighted by atomic mass is 16.5. The molecule has 0 bridgehead atoms. The van der Waals surface area contributed by atoms with E-state index in [1.165, 1.54) is 0 Å². The summed E-state index contributed by atoms with van der Waals surface area (Å²) < 4.78 is 4.65. The highest BCUT2D eigenvalue weighted by molar-refractivity contribution is 5.81. The van der Waals surface area contributed by atoms with E-state index in [2.05, 4.69) is 9.85 Å². The van der Waals surface area contributed by atoms with Crippen LogP contribution in [0.4, 0.5) is 0 Å². The fraction of sp³-hybridized carbons (Fsp3) is 0.778. The molecule has 0 aromatic carbocycles. The third kappa shape index (κ3) is 3.00. The molecule has 1 aliphatic carbocycles. The van der Waals surface area contributed by atoms with E-state index in [9.17, 15) is 9.59 Å². The quantitative estimate of drug-likeness (QED) is 0.545. The Morgan fingerprint density at radius 2 is 1.93 bits per heavy atom. The van der Waals surface area contributed by atoms with Crippen molar-refractivity contribution in [2.45, 2.75) is 25.7 Å². The molecular formula is C9H14N2O4. The molecule has 2 unspecified atom stereocenters. The summed E-state index contributed by atoms with van der Waals surface area (Å²) in [6.45, 7) is -0.318. The molecule has 0 heterocycles. The Kier molecular flexibility index (Phi) is 4.20. The van der Waals surface area contributed by atoms with Crippen molar-refractivity contribution in [2.75, 3.05) is 6.73 Å². The summed E-state index contributed by atoms with van der Waals surface area (Å²) >= 11 is 0. The second-order valence-electron chi connectivity index (χ2n) is 3.59. The summed E-state index contributed by atoms with van der Waals surface area (Å²) in [6.07, 6.45) is 2.76. The summed E-state index contributed by atoms with van der Waals surface area (Å²) in [6, 6.07) is 0. The Bertz CT molecular complexity index is 267. The smallest absolute Gasteiger partial charge is 0.311 e. The van der Waals surface area contributed by atoms with Gasteiger partial charge in [0, 0.05) is 0 Å². The Balaban J connectivity index is 2.58. The number of ether oxygens (including phenoxy) is 1. The number of carbonyl (C=O) groups excluding carboxylic acids is 1. The number of nitrogens with zero attached hydrogens (tertiary/aromatic N) is 1. The van der Waals surface area contributed by atoms with Crippen molar-refractivity contribution in [2.24, 2.45) is 17.0 Å². The van der Waals surface area contributed by atoms with Gasteiger partial charge < -0.3 is 9.84 Å². The largest absolute Gasteiger partial charge is 0.481 e. The lowest BCUT2D eigenvalue weighted by atomic mass is 9.79. The fourth-order valence-corrected chi connectivity index (χ4v) is 1.91. The third-order valence-electron chi connectivity index (χ3n) is 2.66. The van der Waals surface area contributed by atoms with Crippen LogP contribution >= 0.6 is 0 Å². The molecule has 1 rings (SSSR count). The number of hydrogen-bond acceptors (Lipinski definition) is 5. The van der Waals surface area contributed by atoms with Gasteiger partial charge in [0.25, 0.3) is 0 Å². The number of nitrogens with one attached hydrogen (secondary N) is 1. The molecule has 15 heavy (non-hydrogen) atoms. The van der Waals surface area contributed by atoms with Gasteiger partial charge in [-0.3, -0.25) is 9.59 Å². The monoisotopic (exact) mass is 214 g/mol. The van der Waals surface area contributed by atoms with Gasteiger partial charge in [-0.1, -0.05) is 12.8 Å². The van der Waals surface area contributed by atoms with Crippen LogP contribution in [0, 0.1) is 17.4 Å². The highest BCUT2D eigenvalue weighted by Crippen LogP contribution is 2.31. The van der Waals surface area contributed by atoms with Gasteiger partial charge in [-0.05, 0) is 12.8 Å². The molecule has 0 radical (unpaired) electrons. The summed E-state index contributed by atoms with van der Waals surface area (Å²) in [4.78, 5) is 22.3. The van der Waals surface area contributed by atoms with E-state index in [1.807, 2.05) is 0 Å². The first-order valence-electron chi connectivity index (χ1n) is 4.89. The second-order valence-corrected chi connectivity index (χ2v) is 3.59. The van der Waals surface area contributed by atoms with Crippen molar-refractivity contribution in [3.05, 3.63) is 0 Å². The number of carbonyl (C=O) groups is 2. The number of esters is 1. The number of aliphatic carboxylic acids is 1. The van der Waals surface area contributed by atoms with Crippen molar-refractivity contribution in [1.29, 1.82) is 5.53 Å². The van der Waals surface area contributed by atoms with E-state index >= 15 is 0 Å². The summed E-state index contributed by atoms with van der Waals surface area (Å²) in [7, 11) is 0. The highest BCUT2D eigenvalue weighted by Gasteiger charge is 2.36. The summed E-state index contributed by atoms with van der Waals surface area (Å²) in [5.74, 6) is -2.70. The number of carboxylic acids is 1.